The minimum Gasteiger partial charge on any atom is -0.493 e. The molecule has 0 radical (unpaired) electrons. The Morgan fingerprint density at radius 3 is 2.81 bits per heavy atom. The first kappa shape index (κ1) is 18.2. The van der Waals surface area contributed by atoms with Gasteiger partial charge in [-0.3, -0.25) is 4.90 Å². The van der Waals surface area contributed by atoms with E-state index in [0.717, 1.165) is 24.2 Å². The Kier molecular flexibility index (Phi) is 5.15. The fourth-order valence-electron chi connectivity index (χ4n) is 3.08. The first-order chi connectivity index (χ1) is 12.4. The van der Waals surface area contributed by atoms with Crippen LogP contribution in [0.3, 0.4) is 0 Å². The maximum absolute atomic E-state index is 12.5. The molecule has 1 aliphatic heterocycles. The van der Waals surface area contributed by atoms with Gasteiger partial charge in [0.1, 0.15) is 11.4 Å². The molecule has 1 aliphatic rings. The van der Waals surface area contributed by atoms with Crippen LogP contribution in [-0.2, 0) is 4.74 Å². The van der Waals surface area contributed by atoms with E-state index in [2.05, 4.69) is 15.2 Å². The summed E-state index contributed by atoms with van der Waals surface area (Å²) >= 11 is 0. The second-order valence-electron chi connectivity index (χ2n) is 7.32. The molecule has 1 amide bonds. The molecular formula is C19H26N4O3. The molecule has 1 aromatic carbocycles. The number of H-pyrrole nitrogens is 1. The monoisotopic (exact) mass is 358 g/mol. The zero-order valence-electron chi connectivity index (χ0n) is 15.8. The van der Waals surface area contributed by atoms with E-state index in [1.165, 1.54) is 0 Å². The molecule has 0 saturated carbocycles. The third-order valence-corrected chi connectivity index (χ3v) is 4.14. The van der Waals surface area contributed by atoms with Gasteiger partial charge in [-0.25, -0.2) is 4.79 Å². The van der Waals surface area contributed by atoms with Crippen molar-refractivity contribution < 1.29 is 14.3 Å². The maximum Gasteiger partial charge on any atom is 0.410 e. The van der Waals surface area contributed by atoms with Crippen LogP contribution in [0, 0.1) is 0 Å². The van der Waals surface area contributed by atoms with Gasteiger partial charge in [0.2, 0.25) is 0 Å². The largest absolute Gasteiger partial charge is 0.493 e. The first-order valence-electron chi connectivity index (χ1n) is 9.03. The van der Waals surface area contributed by atoms with Gasteiger partial charge in [-0.05, 0) is 52.7 Å². The lowest BCUT2D eigenvalue weighted by Crippen LogP contribution is -2.36. The van der Waals surface area contributed by atoms with Crippen molar-refractivity contribution in [2.75, 3.05) is 13.2 Å². The second kappa shape index (κ2) is 7.35. The number of hydrogen-bond acceptors (Lipinski definition) is 5. The molecule has 1 N–H and O–H groups in total. The first-order valence-corrected chi connectivity index (χ1v) is 9.03. The van der Waals surface area contributed by atoms with E-state index >= 15 is 0 Å². The molecule has 7 nitrogen and oxygen atoms in total. The summed E-state index contributed by atoms with van der Waals surface area (Å²) < 4.78 is 11.2. The number of likely N-dealkylation sites (tertiary alicyclic amines) is 1. The summed E-state index contributed by atoms with van der Waals surface area (Å²) in [6.07, 6.45) is 1.43. The van der Waals surface area contributed by atoms with Crippen LogP contribution in [0.15, 0.2) is 24.3 Å². The fourth-order valence-corrected chi connectivity index (χ4v) is 3.08. The van der Waals surface area contributed by atoms with Gasteiger partial charge in [0, 0.05) is 6.54 Å². The summed E-state index contributed by atoms with van der Waals surface area (Å²) in [6, 6.07) is 7.56. The predicted octanol–water partition coefficient (Wildman–Crippen LogP) is 3.94. The number of nitrogens with one attached hydrogen (secondary N) is 1. The lowest BCUT2D eigenvalue weighted by Gasteiger charge is -2.27. The van der Waals surface area contributed by atoms with Gasteiger partial charge in [-0.1, -0.05) is 12.1 Å². The van der Waals surface area contributed by atoms with Gasteiger partial charge in [0.15, 0.2) is 11.6 Å². The number of hydrogen-bond donors (Lipinski definition) is 1. The lowest BCUT2D eigenvalue weighted by atomic mass is 10.2. The number of benzene rings is 1. The number of ether oxygens (including phenoxy) is 2. The molecule has 2 aromatic rings. The molecule has 3 rings (SSSR count). The number of carbonyl (C=O) groups excluding carboxylic acids is 1. The Hall–Kier alpha value is -2.57. The van der Waals surface area contributed by atoms with E-state index < -0.39 is 5.60 Å². The van der Waals surface area contributed by atoms with E-state index in [1.54, 1.807) is 4.90 Å². The molecule has 0 bridgehead atoms. The number of aromatic amines is 1. The molecule has 1 fully saturated rings. The van der Waals surface area contributed by atoms with Crippen LogP contribution >= 0.6 is 0 Å². The van der Waals surface area contributed by atoms with E-state index in [4.69, 9.17) is 9.47 Å². The van der Waals surface area contributed by atoms with E-state index in [0.29, 0.717) is 24.8 Å². The van der Waals surface area contributed by atoms with Gasteiger partial charge >= 0.3 is 6.09 Å². The number of para-hydroxylation sites is 1. The van der Waals surface area contributed by atoms with E-state index in [-0.39, 0.29) is 12.1 Å². The maximum atomic E-state index is 12.5. The Morgan fingerprint density at radius 2 is 2.08 bits per heavy atom. The topological polar surface area (TPSA) is 80.3 Å². The van der Waals surface area contributed by atoms with Crippen molar-refractivity contribution in [1.29, 1.82) is 0 Å². The van der Waals surface area contributed by atoms with Crippen molar-refractivity contribution in [3.05, 3.63) is 30.1 Å². The minimum atomic E-state index is -0.521. The number of amides is 1. The average Bonchev–Trinajstić information content (AvgIpc) is 3.23. The number of aromatic nitrogens is 3. The zero-order valence-corrected chi connectivity index (χ0v) is 15.8. The molecule has 26 heavy (non-hydrogen) atoms. The normalized spacial score (nSPS) is 17.4. The smallest absolute Gasteiger partial charge is 0.410 e. The molecule has 2 heterocycles. The van der Waals surface area contributed by atoms with Crippen molar-refractivity contribution in [3.63, 3.8) is 0 Å². The van der Waals surface area contributed by atoms with Gasteiger partial charge in [-0.15, -0.1) is 10.2 Å². The number of nitrogens with zero attached hydrogens (tertiary/aromatic N) is 3. The highest BCUT2D eigenvalue weighted by molar-refractivity contribution is 5.69. The Balaban J connectivity index is 1.82. The molecule has 0 aliphatic carbocycles. The summed E-state index contributed by atoms with van der Waals surface area (Å²) in [5, 5.41) is 8.57. The third kappa shape index (κ3) is 3.98. The van der Waals surface area contributed by atoms with Crippen LogP contribution in [0.4, 0.5) is 4.79 Å². The minimum absolute atomic E-state index is 0.148. The van der Waals surface area contributed by atoms with E-state index in [1.807, 2.05) is 52.0 Å². The molecule has 1 saturated heterocycles. The molecule has 0 unspecified atom stereocenters. The van der Waals surface area contributed by atoms with Gasteiger partial charge in [0.25, 0.3) is 0 Å². The summed E-state index contributed by atoms with van der Waals surface area (Å²) in [4.78, 5) is 17.5. The van der Waals surface area contributed by atoms with Crippen LogP contribution in [0.2, 0.25) is 0 Å². The fraction of sp³-hybridized carbons (Fsp3) is 0.526. The van der Waals surface area contributed by atoms with Crippen LogP contribution in [0.5, 0.6) is 5.75 Å². The van der Waals surface area contributed by atoms with Crippen molar-refractivity contribution in [2.45, 2.75) is 52.2 Å². The van der Waals surface area contributed by atoms with Crippen LogP contribution in [0.25, 0.3) is 11.4 Å². The molecular weight excluding hydrogens is 332 g/mol. The summed E-state index contributed by atoms with van der Waals surface area (Å²) in [5.74, 6) is 2.07. The van der Waals surface area contributed by atoms with Crippen molar-refractivity contribution in [1.82, 2.24) is 20.1 Å². The van der Waals surface area contributed by atoms with Crippen molar-refractivity contribution >= 4 is 6.09 Å². The lowest BCUT2D eigenvalue weighted by molar-refractivity contribution is 0.0218. The average molecular weight is 358 g/mol. The molecule has 140 valence electrons. The Morgan fingerprint density at radius 1 is 1.31 bits per heavy atom. The van der Waals surface area contributed by atoms with Crippen LogP contribution in [-0.4, -0.2) is 44.9 Å². The molecule has 1 atom stereocenters. The molecule has 0 spiro atoms. The zero-order chi connectivity index (χ0) is 18.7. The summed E-state index contributed by atoms with van der Waals surface area (Å²) in [7, 11) is 0. The Labute approximate surface area is 153 Å². The molecule has 1 aromatic heterocycles. The quantitative estimate of drug-likeness (QED) is 0.895. The Bertz CT molecular complexity index is 766. The van der Waals surface area contributed by atoms with Crippen LogP contribution < -0.4 is 4.74 Å². The van der Waals surface area contributed by atoms with Gasteiger partial charge in [-0.2, -0.15) is 0 Å². The highest BCUT2D eigenvalue weighted by Crippen LogP contribution is 2.33. The predicted molar refractivity (Wildman–Crippen MR) is 97.9 cm³/mol. The van der Waals surface area contributed by atoms with E-state index in [9.17, 15) is 4.79 Å². The van der Waals surface area contributed by atoms with Crippen molar-refractivity contribution in [3.8, 4) is 17.1 Å². The number of carbonyl (C=O) groups is 1. The third-order valence-electron chi connectivity index (χ3n) is 4.14. The number of rotatable bonds is 4. The second-order valence-corrected chi connectivity index (χ2v) is 7.32. The highest BCUT2D eigenvalue weighted by atomic mass is 16.6. The van der Waals surface area contributed by atoms with Crippen LogP contribution in [0.1, 0.15) is 52.4 Å². The van der Waals surface area contributed by atoms with Gasteiger partial charge in [0.05, 0.1) is 18.2 Å². The highest BCUT2D eigenvalue weighted by Gasteiger charge is 2.35. The van der Waals surface area contributed by atoms with Gasteiger partial charge < -0.3 is 14.5 Å². The summed E-state index contributed by atoms with van der Waals surface area (Å²) in [6.45, 7) is 8.78. The summed E-state index contributed by atoms with van der Waals surface area (Å²) in [5.41, 5.74) is 0.336. The standard InChI is InChI=1S/C19H26N4O3/c1-5-25-15-11-7-6-9-13(15)16-20-17(22-21-16)14-10-8-12-23(14)18(24)26-19(2,3)4/h6-7,9,11,14H,5,8,10,12H2,1-4H3,(H,20,21,22)/t14-/m0/s1. The van der Waals surface area contributed by atoms with Crippen molar-refractivity contribution in [2.24, 2.45) is 0 Å². The SMILES string of the molecule is CCOc1ccccc1-c1nnc([C@@H]2CCCN2C(=O)OC(C)(C)C)[nH]1. The molecule has 7 heteroatoms.